The van der Waals surface area contributed by atoms with Crippen LogP contribution >= 0.6 is 0 Å². The summed E-state index contributed by atoms with van der Waals surface area (Å²) in [7, 11) is 0. The molecule has 0 bridgehead atoms. The van der Waals surface area contributed by atoms with Crippen LogP contribution in [-0.2, 0) is 6.54 Å². The number of amides is 1. The Balaban J connectivity index is 1.90. The van der Waals surface area contributed by atoms with E-state index in [4.69, 9.17) is 10.4 Å². The number of pyridine rings is 2. The van der Waals surface area contributed by atoms with Crippen LogP contribution in [0.1, 0.15) is 42.6 Å². The highest BCUT2D eigenvalue weighted by molar-refractivity contribution is 5.97. The molecule has 3 aromatic heterocycles. The van der Waals surface area contributed by atoms with Crippen molar-refractivity contribution < 1.29 is 4.79 Å². The van der Waals surface area contributed by atoms with Crippen molar-refractivity contribution in [3.05, 3.63) is 51.4 Å². The minimum absolute atomic E-state index is 0.133. The number of aromatic nitrogens is 3. The number of aryl methyl sites for hydroxylation is 2. The Labute approximate surface area is 181 Å². The van der Waals surface area contributed by atoms with Crippen LogP contribution in [-0.4, -0.2) is 62.4 Å². The lowest BCUT2D eigenvalue weighted by molar-refractivity contribution is 0.0640. The van der Waals surface area contributed by atoms with Gasteiger partial charge in [-0.2, -0.15) is 0 Å². The molecule has 0 unspecified atom stereocenters. The summed E-state index contributed by atoms with van der Waals surface area (Å²) in [5.41, 5.74) is 2.15. The van der Waals surface area contributed by atoms with Crippen LogP contribution in [0, 0.1) is 12.3 Å². The average Bonchev–Trinajstić information content (AvgIpc) is 2.79. The molecular weight excluding hydrogens is 392 g/mol. The highest BCUT2D eigenvalue weighted by Crippen LogP contribution is 2.15. The smallest absolute Gasteiger partial charge is 0.267 e. The number of nitrogens with one attached hydrogen (secondary N) is 1. The molecule has 1 saturated heterocycles. The molecule has 4 heterocycles. The second kappa shape index (κ2) is 8.63. The van der Waals surface area contributed by atoms with Gasteiger partial charge in [0.15, 0.2) is 0 Å². The van der Waals surface area contributed by atoms with Gasteiger partial charge in [-0.05, 0) is 37.6 Å². The van der Waals surface area contributed by atoms with E-state index in [1.807, 2.05) is 19.1 Å². The number of hydrogen-bond acceptors (Lipinski definition) is 5. The van der Waals surface area contributed by atoms with Gasteiger partial charge in [-0.1, -0.05) is 26.3 Å². The maximum absolute atomic E-state index is 13.4. The molecule has 3 aromatic rings. The van der Waals surface area contributed by atoms with E-state index < -0.39 is 0 Å². The van der Waals surface area contributed by atoms with Gasteiger partial charge in [-0.15, -0.1) is 0 Å². The third-order valence-corrected chi connectivity index (χ3v) is 6.21. The molecule has 1 N–H and O–H groups in total. The zero-order chi connectivity index (χ0) is 22.1. The molecule has 8 nitrogen and oxygen atoms in total. The fraction of sp³-hybridized carbons (Fsp3) is 0.478. The molecule has 0 aliphatic carbocycles. The van der Waals surface area contributed by atoms with Gasteiger partial charge in [0.2, 0.25) is 0 Å². The van der Waals surface area contributed by atoms with Crippen molar-refractivity contribution in [2.24, 2.45) is 0 Å². The molecule has 1 fully saturated rings. The van der Waals surface area contributed by atoms with Gasteiger partial charge in [0.25, 0.3) is 11.5 Å². The van der Waals surface area contributed by atoms with Crippen molar-refractivity contribution in [1.82, 2.24) is 23.8 Å². The van der Waals surface area contributed by atoms with Crippen LogP contribution in [0.3, 0.4) is 0 Å². The molecule has 0 spiro atoms. The maximum Gasteiger partial charge on any atom is 0.267 e. The van der Waals surface area contributed by atoms with Gasteiger partial charge in [0.05, 0.1) is 10.9 Å². The molecule has 0 radical (unpaired) electrons. The second-order valence-corrected chi connectivity index (χ2v) is 8.18. The number of likely N-dealkylation sites (N-methyl/N-ethyl adjacent to an activating group) is 1. The third-order valence-electron chi connectivity index (χ3n) is 6.21. The summed E-state index contributed by atoms with van der Waals surface area (Å²) in [4.78, 5) is 35.5. The lowest BCUT2D eigenvalue weighted by Gasteiger charge is -2.34. The standard InChI is InChI=1S/C23H30N6O2/c1-4-6-9-28-19(24)17(22(30)27-13-11-26(5-2)12-14-27)15-18-21(28)25-20-16(3)8-7-10-29(20)23(18)31/h7-8,10,15,24H,4-6,9,11-14H2,1-3H3. The topological polar surface area (TPSA) is 86.7 Å². The Morgan fingerprint density at radius 3 is 2.58 bits per heavy atom. The molecule has 1 aliphatic rings. The van der Waals surface area contributed by atoms with E-state index in [-0.39, 0.29) is 22.5 Å². The summed E-state index contributed by atoms with van der Waals surface area (Å²) >= 11 is 0. The Bertz CT molecular complexity index is 1250. The van der Waals surface area contributed by atoms with E-state index in [0.29, 0.717) is 36.3 Å². The first-order valence-electron chi connectivity index (χ1n) is 11.1. The van der Waals surface area contributed by atoms with Gasteiger partial charge < -0.3 is 14.4 Å². The van der Waals surface area contributed by atoms with Crippen LogP contribution in [0.25, 0.3) is 16.7 Å². The zero-order valence-corrected chi connectivity index (χ0v) is 18.5. The lowest BCUT2D eigenvalue weighted by Crippen LogP contribution is -2.49. The van der Waals surface area contributed by atoms with Gasteiger partial charge >= 0.3 is 0 Å². The summed E-state index contributed by atoms with van der Waals surface area (Å²) in [6.45, 7) is 10.5. The third kappa shape index (κ3) is 3.76. The Morgan fingerprint density at radius 2 is 1.90 bits per heavy atom. The Kier molecular flexibility index (Phi) is 5.91. The largest absolute Gasteiger partial charge is 0.336 e. The van der Waals surface area contributed by atoms with Crippen molar-refractivity contribution in [2.45, 2.75) is 40.2 Å². The normalized spacial score (nSPS) is 15.1. The Morgan fingerprint density at radius 1 is 1.16 bits per heavy atom. The molecule has 164 valence electrons. The minimum atomic E-state index is -0.209. The van der Waals surface area contributed by atoms with Gasteiger partial charge in [0.1, 0.15) is 16.8 Å². The van der Waals surface area contributed by atoms with Gasteiger partial charge in [0, 0.05) is 38.9 Å². The summed E-state index contributed by atoms with van der Waals surface area (Å²) in [5.74, 6) is -0.179. The molecule has 8 heteroatoms. The number of piperazine rings is 1. The number of fused-ring (bicyclic) bond motifs is 2. The number of nitrogens with zero attached hydrogens (tertiary/aromatic N) is 5. The van der Waals surface area contributed by atoms with Gasteiger partial charge in [-0.25, -0.2) is 4.98 Å². The van der Waals surface area contributed by atoms with E-state index in [0.717, 1.165) is 38.0 Å². The fourth-order valence-corrected chi connectivity index (χ4v) is 4.23. The molecule has 1 aliphatic heterocycles. The molecule has 0 saturated carbocycles. The molecule has 4 rings (SSSR count). The Hall–Kier alpha value is -3.00. The second-order valence-electron chi connectivity index (χ2n) is 8.18. The SMILES string of the molecule is CCCCn1c(=N)c(C(=O)N2CCN(CC)CC2)cc2c(=O)n3cccc(C)c3nc21. The first-order valence-corrected chi connectivity index (χ1v) is 11.1. The summed E-state index contributed by atoms with van der Waals surface area (Å²) < 4.78 is 3.27. The van der Waals surface area contributed by atoms with E-state index >= 15 is 0 Å². The van der Waals surface area contributed by atoms with Crippen molar-refractivity contribution in [2.75, 3.05) is 32.7 Å². The van der Waals surface area contributed by atoms with Crippen LogP contribution in [0.15, 0.2) is 29.2 Å². The maximum atomic E-state index is 13.4. The highest BCUT2D eigenvalue weighted by atomic mass is 16.2. The molecule has 31 heavy (non-hydrogen) atoms. The van der Waals surface area contributed by atoms with E-state index in [1.54, 1.807) is 21.7 Å². The fourth-order valence-electron chi connectivity index (χ4n) is 4.23. The molecule has 0 aromatic carbocycles. The number of carbonyl (C=O) groups is 1. The van der Waals surface area contributed by atoms with Crippen molar-refractivity contribution in [1.29, 1.82) is 5.41 Å². The van der Waals surface area contributed by atoms with E-state index in [9.17, 15) is 9.59 Å². The highest BCUT2D eigenvalue weighted by Gasteiger charge is 2.25. The van der Waals surface area contributed by atoms with Gasteiger partial charge in [-0.3, -0.25) is 19.4 Å². The van der Waals surface area contributed by atoms with Crippen LogP contribution in [0.2, 0.25) is 0 Å². The number of carbonyl (C=O) groups excluding carboxylic acids is 1. The number of rotatable bonds is 5. The number of hydrogen-bond donors (Lipinski definition) is 1. The first kappa shape index (κ1) is 21.2. The minimum Gasteiger partial charge on any atom is -0.336 e. The predicted molar refractivity (Wildman–Crippen MR) is 120 cm³/mol. The van der Waals surface area contributed by atoms with Crippen LogP contribution in [0.5, 0.6) is 0 Å². The van der Waals surface area contributed by atoms with Crippen molar-refractivity contribution in [3.63, 3.8) is 0 Å². The van der Waals surface area contributed by atoms with E-state index in [1.165, 1.54) is 4.40 Å². The molecular formula is C23H30N6O2. The van der Waals surface area contributed by atoms with Crippen molar-refractivity contribution in [3.8, 4) is 0 Å². The zero-order valence-electron chi connectivity index (χ0n) is 18.5. The quantitative estimate of drug-likeness (QED) is 0.638. The lowest BCUT2D eigenvalue weighted by atomic mass is 10.1. The van der Waals surface area contributed by atoms with E-state index in [2.05, 4.69) is 18.7 Å². The average molecular weight is 423 g/mol. The summed E-state index contributed by atoms with van der Waals surface area (Å²) in [6.07, 6.45) is 3.48. The van der Waals surface area contributed by atoms with Crippen molar-refractivity contribution >= 4 is 22.6 Å². The number of unbranched alkanes of at least 4 members (excludes halogenated alkanes) is 1. The summed E-state index contributed by atoms with van der Waals surface area (Å²) in [5, 5.41) is 9.20. The first-order chi connectivity index (χ1) is 15.0. The summed E-state index contributed by atoms with van der Waals surface area (Å²) in [6, 6.07) is 5.32. The van der Waals surface area contributed by atoms with Crippen LogP contribution in [0.4, 0.5) is 0 Å². The molecule has 1 amide bonds. The predicted octanol–water partition coefficient (Wildman–Crippen LogP) is 2.01. The monoisotopic (exact) mass is 422 g/mol. The van der Waals surface area contributed by atoms with Crippen LogP contribution < -0.4 is 11.0 Å². The molecule has 0 atom stereocenters.